The predicted octanol–water partition coefficient (Wildman–Crippen LogP) is 3.62. The number of benzene rings is 1. The number of nitrogens with one attached hydrogen (secondary N) is 1. The van der Waals surface area contributed by atoms with Crippen LogP contribution in [0.4, 0.5) is 5.13 Å². The summed E-state index contributed by atoms with van der Waals surface area (Å²) in [6.07, 6.45) is 1.49. The molecule has 0 aliphatic rings. The predicted molar refractivity (Wildman–Crippen MR) is 98.9 cm³/mol. The number of carbonyl (C=O) groups is 1. The molecule has 0 saturated carbocycles. The van der Waals surface area contributed by atoms with Crippen LogP contribution in [0.1, 0.15) is 20.9 Å². The molecule has 0 fully saturated rings. The highest BCUT2D eigenvalue weighted by molar-refractivity contribution is 7.15. The molecule has 0 spiro atoms. The number of amides is 1. The van der Waals surface area contributed by atoms with Crippen LogP contribution in [-0.2, 0) is 6.54 Å². The molecule has 9 heteroatoms. The Labute approximate surface area is 157 Å². The monoisotopic (exact) mass is 394 g/mol. The molecular formula is C16H12Cl2N4O2S. The fraction of sp³-hybridized carbons (Fsp3) is 0.125. The first-order chi connectivity index (χ1) is 11.9. The van der Waals surface area contributed by atoms with Gasteiger partial charge in [0.15, 0.2) is 0 Å². The fourth-order valence-corrected chi connectivity index (χ4v) is 3.05. The van der Waals surface area contributed by atoms with E-state index in [2.05, 4.69) is 15.5 Å². The molecule has 0 unspecified atom stereocenters. The van der Waals surface area contributed by atoms with Crippen molar-refractivity contribution in [3.63, 3.8) is 0 Å². The first-order valence-electron chi connectivity index (χ1n) is 7.18. The topological polar surface area (TPSA) is 76.9 Å². The summed E-state index contributed by atoms with van der Waals surface area (Å²) in [6, 6.07) is 7.94. The molecule has 3 aromatic rings. The van der Waals surface area contributed by atoms with Crippen molar-refractivity contribution in [1.82, 2.24) is 14.8 Å². The quantitative estimate of drug-likeness (QED) is 0.732. The maximum atomic E-state index is 12.3. The Hall–Kier alpha value is -2.22. The number of anilines is 1. The average Bonchev–Trinajstić information content (AvgIpc) is 2.98. The summed E-state index contributed by atoms with van der Waals surface area (Å²) < 4.78 is 1.43. The number of hydrogen-bond acceptors (Lipinski definition) is 5. The van der Waals surface area contributed by atoms with E-state index in [1.807, 2.05) is 0 Å². The number of rotatable bonds is 4. The molecule has 6 nitrogen and oxygen atoms in total. The van der Waals surface area contributed by atoms with Crippen LogP contribution in [0, 0.1) is 6.92 Å². The summed E-state index contributed by atoms with van der Waals surface area (Å²) in [6.45, 7) is 2.07. The van der Waals surface area contributed by atoms with Gasteiger partial charge in [0, 0.05) is 12.3 Å². The Morgan fingerprint density at radius 3 is 2.68 bits per heavy atom. The van der Waals surface area contributed by atoms with Crippen LogP contribution in [0.15, 0.2) is 41.3 Å². The lowest BCUT2D eigenvalue weighted by molar-refractivity contribution is 0.102. The molecule has 0 aliphatic carbocycles. The third kappa shape index (κ3) is 4.25. The van der Waals surface area contributed by atoms with Gasteiger partial charge in [0.1, 0.15) is 5.01 Å². The van der Waals surface area contributed by atoms with Gasteiger partial charge in [-0.3, -0.25) is 14.9 Å². The first-order valence-corrected chi connectivity index (χ1v) is 8.75. The van der Waals surface area contributed by atoms with Crippen molar-refractivity contribution in [3.05, 3.63) is 73.1 Å². The van der Waals surface area contributed by atoms with Crippen LogP contribution in [-0.4, -0.2) is 20.7 Å². The van der Waals surface area contributed by atoms with Gasteiger partial charge in [-0.2, -0.15) is 0 Å². The number of carbonyl (C=O) groups excluding carboxylic acids is 1. The van der Waals surface area contributed by atoms with Gasteiger partial charge in [0.25, 0.3) is 11.5 Å². The molecule has 1 amide bonds. The number of pyridine rings is 1. The molecular weight excluding hydrogens is 383 g/mol. The van der Waals surface area contributed by atoms with Crippen LogP contribution in [0.5, 0.6) is 0 Å². The number of hydrogen-bond donors (Lipinski definition) is 1. The Kier molecular flexibility index (Phi) is 5.17. The summed E-state index contributed by atoms with van der Waals surface area (Å²) in [4.78, 5) is 24.4. The van der Waals surface area contributed by atoms with Crippen LogP contribution in [0.25, 0.3) is 0 Å². The fourth-order valence-electron chi connectivity index (χ4n) is 2.14. The number of aryl methyl sites for hydroxylation is 1. The van der Waals surface area contributed by atoms with Crippen LogP contribution in [0.2, 0.25) is 10.0 Å². The van der Waals surface area contributed by atoms with Crippen molar-refractivity contribution >= 4 is 45.6 Å². The Bertz CT molecular complexity index is 1000. The third-order valence-electron chi connectivity index (χ3n) is 3.33. The van der Waals surface area contributed by atoms with Crippen molar-refractivity contribution in [2.75, 3.05) is 5.32 Å². The number of aromatic nitrogens is 3. The van der Waals surface area contributed by atoms with Crippen molar-refractivity contribution in [2.24, 2.45) is 0 Å². The zero-order valence-corrected chi connectivity index (χ0v) is 15.3. The molecule has 0 bridgehead atoms. The normalized spacial score (nSPS) is 10.7. The smallest absolute Gasteiger partial charge is 0.258 e. The van der Waals surface area contributed by atoms with Gasteiger partial charge in [-0.25, -0.2) is 0 Å². The summed E-state index contributed by atoms with van der Waals surface area (Å²) in [5, 5.41) is 12.4. The standard InChI is InChI=1S/C16H12Cl2N4O2S/c1-9-20-21-16(25-9)19-15(24)11-3-5-14(23)22(8-11)7-10-2-4-12(17)13(18)6-10/h2-6,8H,7H2,1H3,(H,19,21,24). The zero-order valence-electron chi connectivity index (χ0n) is 13.0. The molecule has 0 aliphatic heterocycles. The summed E-state index contributed by atoms with van der Waals surface area (Å²) in [5.41, 5.74) is 0.913. The average molecular weight is 395 g/mol. The highest BCUT2D eigenvalue weighted by Gasteiger charge is 2.11. The molecule has 0 saturated heterocycles. The van der Waals surface area contributed by atoms with Crippen molar-refractivity contribution in [1.29, 1.82) is 0 Å². The lowest BCUT2D eigenvalue weighted by Crippen LogP contribution is -2.22. The van der Waals surface area contributed by atoms with E-state index in [4.69, 9.17) is 23.2 Å². The Morgan fingerprint density at radius 2 is 2.00 bits per heavy atom. The SMILES string of the molecule is Cc1nnc(NC(=O)c2ccc(=O)n(Cc3ccc(Cl)c(Cl)c3)c2)s1. The lowest BCUT2D eigenvalue weighted by atomic mass is 10.2. The number of halogens is 2. The van der Waals surface area contributed by atoms with E-state index in [1.165, 1.54) is 34.2 Å². The lowest BCUT2D eigenvalue weighted by Gasteiger charge is -2.09. The minimum Gasteiger partial charge on any atom is -0.310 e. The zero-order chi connectivity index (χ0) is 18.0. The van der Waals surface area contributed by atoms with Gasteiger partial charge in [-0.05, 0) is 30.7 Å². The molecule has 0 radical (unpaired) electrons. The second-order valence-electron chi connectivity index (χ2n) is 5.21. The van der Waals surface area contributed by atoms with E-state index < -0.39 is 0 Å². The highest BCUT2D eigenvalue weighted by atomic mass is 35.5. The van der Waals surface area contributed by atoms with Crippen LogP contribution in [0.3, 0.4) is 0 Å². The van der Waals surface area contributed by atoms with Gasteiger partial charge in [0.2, 0.25) is 5.13 Å². The van der Waals surface area contributed by atoms with E-state index in [9.17, 15) is 9.59 Å². The molecule has 2 aromatic heterocycles. The van der Waals surface area contributed by atoms with Gasteiger partial charge in [-0.1, -0.05) is 40.6 Å². The van der Waals surface area contributed by atoms with Gasteiger partial charge in [-0.15, -0.1) is 10.2 Å². The highest BCUT2D eigenvalue weighted by Crippen LogP contribution is 2.23. The van der Waals surface area contributed by atoms with E-state index in [0.717, 1.165) is 10.6 Å². The van der Waals surface area contributed by atoms with E-state index >= 15 is 0 Å². The van der Waals surface area contributed by atoms with Crippen molar-refractivity contribution in [3.8, 4) is 0 Å². The van der Waals surface area contributed by atoms with E-state index in [-0.39, 0.29) is 18.0 Å². The van der Waals surface area contributed by atoms with E-state index in [1.54, 1.807) is 25.1 Å². The molecule has 3 rings (SSSR count). The summed E-state index contributed by atoms with van der Waals surface area (Å²) in [5.74, 6) is -0.362. The minimum atomic E-state index is -0.362. The van der Waals surface area contributed by atoms with Crippen molar-refractivity contribution in [2.45, 2.75) is 13.5 Å². The molecule has 0 atom stereocenters. The molecule has 25 heavy (non-hydrogen) atoms. The van der Waals surface area contributed by atoms with Crippen molar-refractivity contribution < 1.29 is 4.79 Å². The Balaban J connectivity index is 1.83. The molecule has 1 aromatic carbocycles. The molecule has 2 heterocycles. The number of nitrogens with zero attached hydrogens (tertiary/aromatic N) is 3. The molecule has 1 N–H and O–H groups in total. The minimum absolute atomic E-state index is 0.227. The van der Waals surface area contributed by atoms with Gasteiger partial charge < -0.3 is 4.57 Å². The first kappa shape index (κ1) is 17.6. The third-order valence-corrected chi connectivity index (χ3v) is 4.82. The van der Waals surface area contributed by atoms with Gasteiger partial charge >= 0.3 is 0 Å². The Morgan fingerprint density at radius 1 is 1.20 bits per heavy atom. The van der Waals surface area contributed by atoms with E-state index in [0.29, 0.717) is 20.7 Å². The summed E-state index contributed by atoms with van der Waals surface area (Å²) >= 11 is 13.2. The second kappa shape index (κ2) is 7.35. The molecule has 128 valence electrons. The summed E-state index contributed by atoms with van der Waals surface area (Å²) in [7, 11) is 0. The largest absolute Gasteiger partial charge is 0.310 e. The van der Waals surface area contributed by atoms with Gasteiger partial charge in [0.05, 0.1) is 22.2 Å². The van der Waals surface area contributed by atoms with Crippen LogP contribution < -0.4 is 10.9 Å². The van der Waals surface area contributed by atoms with Crippen LogP contribution >= 0.6 is 34.5 Å². The maximum Gasteiger partial charge on any atom is 0.258 e. The second-order valence-corrected chi connectivity index (χ2v) is 7.21. The maximum absolute atomic E-state index is 12.3.